The third-order valence-corrected chi connectivity index (χ3v) is 1.48. The fourth-order valence-corrected chi connectivity index (χ4v) is 0.923. The number of nitrogens with one attached hydrogen (secondary N) is 1. The van der Waals surface area contributed by atoms with E-state index < -0.39 is 0 Å². The molecule has 0 bridgehead atoms. The Bertz CT molecular complexity index is 300. The first-order valence-electron chi connectivity index (χ1n) is 4.32. The van der Waals surface area contributed by atoms with Crippen LogP contribution in [0.2, 0.25) is 0 Å². The molecule has 70 valence electrons. The Hall–Kier alpha value is -1.25. The zero-order chi connectivity index (χ0) is 10.4. The van der Waals surface area contributed by atoms with Crippen LogP contribution < -0.4 is 11.2 Å². The summed E-state index contributed by atoms with van der Waals surface area (Å²) in [5, 5.41) is 7.33. The van der Waals surface area contributed by atoms with E-state index in [-0.39, 0.29) is 1.43 Å². The Kier molecular flexibility index (Phi) is 4.89. The zero-order valence-electron chi connectivity index (χ0n) is 8.39. The van der Waals surface area contributed by atoms with E-state index in [0.29, 0.717) is 16.9 Å². The van der Waals surface area contributed by atoms with Gasteiger partial charge in [0, 0.05) is 18.4 Å². The third-order valence-electron chi connectivity index (χ3n) is 1.48. The molecular formula is C10H17BN2. The molecule has 0 aliphatic carbocycles. The molecule has 0 fully saturated rings. The Morgan fingerprint density at radius 3 is 2.38 bits per heavy atom. The van der Waals surface area contributed by atoms with E-state index in [9.17, 15) is 0 Å². The van der Waals surface area contributed by atoms with Crippen LogP contribution in [0.15, 0.2) is 18.2 Å². The van der Waals surface area contributed by atoms with E-state index in [1.54, 1.807) is 25.1 Å². The number of rotatable bonds is 1. The molecule has 2 nitrogen and oxygen atoms in total. The molecule has 0 saturated heterocycles. The summed E-state index contributed by atoms with van der Waals surface area (Å²) in [4.78, 5) is 0. The van der Waals surface area contributed by atoms with Crippen LogP contribution in [0.25, 0.3) is 0 Å². The quantitative estimate of drug-likeness (QED) is 0.382. The smallest absolute Gasteiger partial charge is 0.113 e. The summed E-state index contributed by atoms with van der Waals surface area (Å²) in [6, 6.07) is 5.16. The van der Waals surface area contributed by atoms with Crippen LogP contribution in [0, 0.1) is 5.41 Å². The molecule has 0 amide bonds. The van der Waals surface area contributed by atoms with Gasteiger partial charge in [-0.1, -0.05) is 31.4 Å². The van der Waals surface area contributed by atoms with Crippen molar-refractivity contribution in [3.63, 3.8) is 0 Å². The molecule has 0 aliphatic heterocycles. The molecule has 3 N–H and O–H groups in total. The predicted octanol–water partition coefficient (Wildman–Crippen LogP) is 1.72. The van der Waals surface area contributed by atoms with E-state index in [2.05, 4.69) is 0 Å². The van der Waals surface area contributed by atoms with E-state index in [1.165, 1.54) is 0 Å². The fraction of sp³-hybridized carbons (Fsp3) is 0.300. The lowest BCUT2D eigenvalue weighted by molar-refractivity contribution is 1.46. The van der Waals surface area contributed by atoms with Gasteiger partial charge in [-0.15, -0.1) is 0 Å². The van der Waals surface area contributed by atoms with Crippen LogP contribution >= 0.6 is 0 Å². The van der Waals surface area contributed by atoms with E-state index in [1.807, 2.05) is 13.8 Å². The lowest BCUT2D eigenvalue weighted by Crippen LogP contribution is -2.07. The molecule has 0 aromatic heterocycles. The zero-order valence-corrected chi connectivity index (χ0v) is 8.39. The second-order valence-corrected chi connectivity index (χ2v) is 2.47. The van der Waals surface area contributed by atoms with Gasteiger partial charge >= 0.3 is 0 Å². The summed E-state index contributed by atoms with van der Waals surface area (Å²) in [6.45, 7) is 5.70. The normalized spacial score (nSPS) is 8.54. The van der Waals surface area contributed by atoms with Gasteiger partial charge in [-0.05, 0) is 13.0 Å². The standard InChI is InChI=1S/C8H9BN2.C2H6.H2/c1-5(10)7-3-2-6(9)4-8(7)11;1-2;/h2-4,10H,11H2,1H3;1-2H3;1H. The first kappa shape index (κ1) is 11.8. The third kappa shape index (κ3) is 3.32. The lowest BCUT2D eigenvalue weighted by atomic mass is 9.93. The summed E-state index contributed by atoms with van der Waals surface area (Å²) < 4.78 is 0. The van der Waals surface area contributed by atoms with Gasteiger partial charge in [0.25, 0.3) is 0 Å². The van der Waals surface area contributed by atoms with Gasteiger partial charge in [0.05, 0.1) is 0 Å². The van der Waals surface area contributed by atoms with Gasteiger partial charge in [-0.3, -0.25) is 0 Å². The average molecular weight is 176 g/mol. The highest BCUT2D eigenvalue weighted by atomic mass is 14.6. The van der Waals surface area contributed by atoms with Crippen LogP contribution in [-0.2, 0) is 0 Å². The maximum absolute atomic E-state index is 7.33. The summed E-state index contributed by atoms with van der Waals surface area (Å²) in [6.07, 6.45) is 0. The van der Waals surface area contributed by atoms with E-state index >= 15 is 0 Å². The van der Waals surface area contributed by atoms with Gasteiger partial charge in [-0.25, -0.2) is 0 Å². The van der Waals surface area contributed by atoms with Crippen molar-refractivity contribution >= 4 is 24.7 Å². The SMILES string of the molecule is CC.[B]c1ccc(C(C)=N)c(N)c1.[HH]. The molecular weight excluding hydrogens is 159 g/mol. The molecule has 0 aliphatic rings. The maximum atomic E-state index is 7.33. The molecule has 13 heavy (non-hydrogen) atoms. The second kappa shape index (κ2) is 5.41. The Morgan fingerprint density at radius 1 is 1.46 bits per heavy atom. The highest BCUT2D eigenvalue weighted by molar-refractivity contribution is 6.32. The summed E-state index contributed by atoms with van der Waals surface area (Å²) in [7, 11) is 5.48. The molecule has 1 aromatic rings. The van der Waals surface area contributed by atoms with Crippen molar-refractivity contribution in [1.29, 1.82) is 5.41 Å². The minimum absolute atomic E-state index is 0. The lowest BCUT2D eigenvalue weighted by Gasteiger charge is -2.03. The Morgan fingerprint density at radius 2 is 2.00 bits per heavy atom. The van der Waals surface area contributed by atoms with Crippen LogP contribution in [0.4, 0.5) is 5.69 Å². The number of hydrogen-bond acceptors (Lipinski definition) is 2. The minimum atomic E-state index is 0. The highest BCUT2D eigenvalue weighted by Crippen LogP contribution is 2.08. The number of hydrogen-bond donors (Lipinski definition) is 2. The summed E-state index contributed by atoms with van der Waals surface area (Å²) in [5.41, 5.74) is 8.01. The largest absolute Gasteiger partial charge is 0.398 e. The van der Waals surface area contributed by atoms with Gasteiger partial charge in [-0.2, -0.15) is 0 Å². The van der Waals surface area contributed by atoms with Crippen molar-refractivity contribution < 1.29 is 1.43 Å². The van der Waals surface area contributed by atoms with Crippen LogP contribution in [-0.4, -0.2) is 13.6 Å². The number of benzene rings is 1. The van der Waals surface area contributed by atoms with Crippen LogP contribution in [0.5, 0.6) is 0 Å². The first-order chi connectivity index (χ1) is 6.11. The molecule has 2 radical (unpaired) electrons. The number of nitrogen functional groups attached to an aromatic ring is 1. The van der Waals surface area contributed by atoms with Crippen molar-refractivity contribution in [3.05, 3.63) is 23.8 Å². The molecule has 0 atom stereocenters. The van der Waals surface area contributed by atoms with Gasteiger partial charge in [0.15, 0.2) is 0 Å². The van der Waals surface area contributed by atoms with Gasteiger partial charge in [0.1, 0.15) is 7.85 Å². The molecule has 1 aromatic carbocycles. The molecule has 0 spiro atoms. The molecule has 0 saturated carbocycles. The van der Waals surface area contributed by atoms with E-state index in [0.717, 1.165) is 5.56 Å². The monoisotopic (exact) mass is 176 g/mol. The highest BCUT2D eigenvalue weighted by Gasteiger charge is 1.99. The van der Waals surface area contributed by atoms with Crippen molar-refractivity contribution in [2.24, 2.45) is 0 Å². The fourth-order valence-electron chi connectivity index (χ4n) is 0.923. The predicted molar refractivity (Wildman–Crippen MR) is 62.2 cm³/mol. The molecule has 3 heteroatoms. The molecule has 0 unspecified atom stereocenters. The van der Waals surface area contributed by atoms with Crippen LogP contribution in [0.3, 0.4) is 0 Å². The van der Waals surface area contributed by atoms with Crippen molar-refractivity contribution in [3.8, 4) is 0 Å². The van der Waals surface area contributed by atoms with Gasteiger partial charge in [0.2, 0.25) is 0 Å². The van der Waals surface area contributed by atoms with Crippen molar-refractivity contribution in [2.75, 3.05) is 5.73 Å². The Balaban J connectivity index is 0. The van der Waals surface area contributed by atoms with Gasteiger partial charge < -0.3 is 11.1 Å². The van der Waals surface area contributed by atoms with Crippen molar-refractivity contribution in [1.82, 2.24) is 0 Å². The molecule has 0 heterocycles. The summed E-state index contributed by atoms with van der Waals surface area (Å²) in [5.74, 6) is 0. The van der Waals surface area contributed by atoms with Crippen molar-refractivity contribution in [2.45, 2.75) is 20.8 Å². The number of nitrogens with two attached hydrogens (primary N) is 1. The first-order valence-corrected chi connectivity index (χ1v) is 4.32. The van der Waals surface area contributed by atoms with E-state index in [4.69, 9.17) is 19.0 Å². The average Bonchev–Trinajstić information content (AvgIpc) is 2.07. The minimum Gasteiger partial charge on any atom is -0.398 e. The summed E-state index contributed by atoms with van der Waals surface area (Å²) >= 11 is 0. The number of anilines is 1. The molecule has 1 rings (SSSR count). The topological polar surface area (TPSA) is 49.9 Å². The Labute approximate surface area is 82.6 Å². The van der Waals surface area contributed by atoms with Crippen LogP contribution in [0.1, 0.15) is 27.8 Å². The maximum Gasteiger partial charge on any atom is 0.113 e. The second-order valence-electron chi connectivity index (χ2n) is 2.47.